The third-order valence-corrected chi connectivity index (χ3v) is 2.99. The van der Waals surface area contributed by atoms with Crippen LogP contribution in [0, 0.1) is 15.4 Å². The van der Waals surface area contributed by atoms with Crippen LogP contribution in [0.1, 0.15) is 5.56 Å². The lowest BCUT2D eigenvalue weighted by atomic mass is 10.0. The first-order chi connectivity index (χ1) is 7.04. The van der Waals surface area contributed by atoms with Gasteiger partial charge in [0.05, 0.1) is 5.92 Å². The molecule has 0 radical (unpaired) electrons. The minimum atomic E-state index is -0.530. The molecule has 0 saturated carbocycles. The number of halogens is 2. The number of amides is 1. The molecule has 80 valence electrons. The van der Waals surface area contributed by atoms with Crippen LogP contribution < -0.4 is 5.73 Å². The summed E-state index contributed by atoms with van der Waals surface area (Å²) < 4.78 is 13.4. The zero-order valence-electron chi connectivity index (χ0n) is 7.91. The van der Waals surface area contributed by atoms with E-state index >= 15 is 0 Å². The van der Waals surface area contributed by atoms with Gasteiger partial charge < -0.3 is 5.73 Å². The summed E-state index contributed by atoms with van der Waals surface area (Å²) in [5.41, 5.74) is 5.96. The third-order valence-electron chi connectivity index (χ3n) is 1.99. The first-order valence-corrected chi connectivity index (χ1v) is 5.34. The van der Waals surface area contributed by atoms with Crippen molar-refractivity contribution in [2.75, 3.05) is 0 Å². The molecule has 0 aromatic carbocycles. The van der Waals surface area contributed by atoms with E-state index in [4.69, 9.17) is 5.73 Å². The molecule has 5 heteroatoms. The third kappa shape index (κ3) is 3.26. The fraction of sp³-hybridized carbons (Fsp3) is 0.200. The molecule has 0 aliphatic rings. The lowest BCUT2D eigenvalue weighted by Gasteiger charge is -2.09. The highest BCUT2D eigenvalue weighted by Crippen LogP contribution is 2.16. The van der Waals surface area contributed by atoms with Crippen molar-refractivity contribution in [3.05, 3.63) is 40.0 Å². The largest absolute Gasteiger partial charge is 0.369 e. The predicted molar refractivity (Wildman–Crippen MR) is 63.5 cm³/mol. The van der Waals surface area contributed by atoms with Crippen molar-refractivity contribution in [2.45, 2.75) is 6.42 Å². The minimum absolute atomic E-state index is 0.407. The van der Waals surface area contributed by atoms with Gasteiger partial charge in [-0.2, -0.15) is 4.39 Å². The van der Waals surface area contributed by atoms with Crippen molar-refractivity contribution >= 4 is 28.5 Å². The molecule has 1 rings (SSSR count). The summed E-state index contributed by atoms with van der Waals surface area (Å²) in [5.74, 6) is -1.41. The van der Waals surface area contributed by atoms with Crippen LogP contribution in [-0.4, -0.2) is 10.9 Å². The lowest BCUT2D eigenvalue weighted by Crippen LogP contribution is -2.23. The number of rotatable bonds is 4. The van der Waals surface area contributed by atoms with Gasteiger partial charge in [0.15, 0.2) is 0 Å². The molecule has 1 amide bonds. The summed E-state index contributed by atoms with van der Waals surface area (Å²) in [5, 5.41) is 0. The van der Waals surface area contributed by atoms with Crippen molar-refractivity contribution in [3.63, 3.8) is 0 Å². The molecule has 2 N–H and O–H groups in total. The van der Waals surface area contributed by atoms with Crippen molar-refractivity contribution in [1.29, 1.82) is 0 Å². The SMILES string of the molecule is C=CC(Cc1cnc(F)cc1I)C(N)=O. The Hall–Kier alpha value is -0.980. The molecule has 1 heterocycles. The second-order valence-electron chi connectivity index (χ2n) is 3.05. The van der Waals surface area contributed by atoms with Crippen molar-refractivity contribution < 1.29 is 9.18 Å². The van der Waals surface area contributed by atoms with Crippen molar-refractivity contribution in [2.24, 2.45) is 11.7 Å². The van der Waals surface area contributed by atoms with E-state index in [2.05, 4.69) is 11.6 Å². The zero-order valence-corrected chi connectivity index (χ0v) is 10.1. The maximum Gasteiger partial charge on any atom is 0.224 e. The van der Waals surface area contributed by atoms with Crippen molar-refractivity contribution in [3.8, 4) is 0 Å². The number of nitrogens with two attached hydrogens (primary N) is 1. The number of pyridine rings is 1. The molecule has 0 aliphatic heterocycles. The van der Waals surface area contributed by atoms with Crippen molar-refractivity contribution in [1.82, 2.24) is 4.98 Å². The Morgan fingerprint density at radius 1 is 1.80 bits per heavy atom. The van der Waals surface area contributed by atoms with E-state index in [9.17, 15) is 9.18 Å². The molecule has 0 fully saturated rings. The Kier molecular flexibility index (Phi) is 4.19. The second kappa shape index (κ2) is 5.20. The second-order valence-corrected chi connectivity index (χ2v) is 4.21. The number of hydrogen-bond acceptors (Lipinski definition) is 2. The molecule has 0 spiro atoms. The lowest BCUT2D eigenvalue weighted by molar-refractivity contribution is -0.120. The van der Waals surface area contributed by atoms with Crippen LogP contribution in [0.15, 0.2) is 24.9 Å². The summed E-state index contributed by atoms with van der Waals surface area (Å²) in [6.45, 7) is 3.53. The average molecular weight is 320 g/mol. The van der Waals surface area contributed by atoms with Crippen LogP contribution in [-0.2, 0) is 11.2 Å². The van der Waals surface area contributed by atoms with Gasteiger partial charge in [-0.3, -0.25) is 4.79 Å². The fourth-order valence-corrected chi connectivity index (χ4v) is 1.74. The van der Waals surface area contributed by atoms with Gasteiger partial charge in [-0.1, -0.05) is 6.08 Å². The van der Waals surface area contributed by atoms with Gasteiger partial charge in [-0.05, 0) is 34.6 Å². The smallest absolute Gasteiger partial charge is 0.224 e. The molecular formula is C10H10FIN2O. The van der Waals surface area contributed by atoms with E-state index < -0.39 is 17.8 Å². The van der Waals surface area contributed by atoms with Gasteiger partial charge in [0, 0.05) is 15.8 Å². The Morgan fingerprint density at radius 3 is 2.93 bits per heavy atom. The summed E-state index contributed by atoms with van der Waals surface area (Å²) in [7, 11) is 0. The molecule has 15 heavy (non-hydrogen) atoms. The predicted octanol–water partition coefficient (Wildman–Crippen LogP) is 1.66. The highest BCUT2D eigenvalue weighted by Gasteiger charge is 2.14. The average Bonchev–Trinajstić information content (AvgIpc) is 2.16. The molecule has 0 bridgehead atoms. The first kappa shape index (κ1) is 12.1. The van der Waals surface area contributed by atoms with Crippen LogP contribution >= 0.6 is 22.6 Å². The molecule has 3 nitrogen and oxygen atoms in total. The number of nitrogens with zero attached hydrogens (tertiary/aromatic N) is 1. The molecule has 0 saturated heterocycles. The van der Waals surface area contributed by atoms with Gasteiger partial charge in [-0.25, -0.2) is 4.98 Å². The number of aromatic nitrogens is 1. The van der Waals surface area contributed by atoms with Gasteiger partial charge in [0.25, 0.3) is 0 Å². The molecule has 1 atom stereocenters. The van der Waals surface area contributed by atoms with E-state index in [1.807, 2.05) is 22.6 Å². The first-order valence-electron chi connectivity index (χ1n) is 4.26. The normalized spacial score (nSPS) is 12.1. The highest BCUT2D eigenvalue weighted by molar-refractivity contribution is 14.1. The maximum atomic E-state index is 12.7. The Bertz CT molecular complexity index is 395. The van der Waals surface area contributed by atoms with Gasteiger partial charge in [-0.15, -0.1) is 6.58 Å². The monoisotopic (exact) mass is 320 g/mol. The number of hydrogen-bond donors (Lipinski definition) is 1. The van der Waals surface area contributed by atoms with E-state index in [1.54, 1.807) is 0 Å². The van der Waals surface area contributed by atoms with Gasteiger partial charge in [0.1, 0.15) is 0 Å². The van der Waals surface area contributed by atoms with Gasteiger partial charge in [0.2, 0.25) is 11.9 Å². The number of carbonyl (C=O) groups excluding carboxylic acids is 1. The molecule has 1 aromatic rings. The van der Waals surface area contributed by atoms with E-state index in [0.29, 0.717) is 6.42 Å². The summed E-state index contributed by atoms with van der Waals surface area (Å²) in [6.07, 6.45) is 3.31. The number of carbonyl (C=O) groups is 1. The van der Waals surface area contributed by atoms with E-state index in [1.165, 1.54) is 18.3 Å². The summed E-state index contributed by atoms with van der Waals surface area (Å²) in [6, 6.07) is 1.32. The Morgan fingerprint density at radius 2 is 2.47 bits per heavy atom. The fourth-order valence-electron chi connectivity index (χ4n) is 1.12. The minimum Gasteiger partial charge on any atom is -0.369 e. The van der Waals surface area contributed by atoms with E-state index in [0.717, 1.165) is 9.13 Å². The van der Waals surface area contributed by atoms with Crippen LogP contribution in [0.5, 0.6) is 0 Å². The summed E-state index contributed by atoms with van der Waals surface area (Å²) >= 11 is 1.99. The zero-order chi connectivity index (χ0) is 11.4. The molecule has 1 aromatic heterocycles. The molecule has 0 aliphatic carbocycles. The van der Waals surface area contributed by atoms with Crippen LogP contribution in [0.4, 0.5) is 4.39 Å². The Balaban J connectivity index is 2.88. The molecular weight excluding hydrogens is 310 g/mol. The van der Waals surface area contributed by atoms with E-state index in [-0.39, 0.29) is 0 Å². The van der Waals surface area contributed by atoms with Crippen LogP contribution in [0.2, 0.25) is 0 Å². The topological polar surface area (TPSA) is 56.0 Å². The van der Waals surface area contributed by atoms with Crippen LogP contribution in [0.25, 0.3) is 0 Å². The number of primary amides is 1. The van der Waals surface area contributed by atoms with Crippen LogP contribution in [0.3, 0.4) is 0 Å². The van der Waals surface area contributed by atoms with Gasteiger partial charge >= 0.3 is 0 Å². The maximum absolute atomic E-state index is 12.7. The highest BCUT2D eigenvalue weighted by atomic mass is 127. The quantitative estimate of drug-likeness (QED) is 0.521. The summed E-state index contributed by atoms with van der Waals surface area (Å²) in [4.78, 5) is 14.5. The Labute approximate surface area is 101 Å². The molecule has 1 unspecified atom stereocenters. The standard InChI is InChI=1S/C10H10FIN2O/c1-2-6(10(13)15)3-7-5-14-9(11)4-8(7)12/h2,4-6H,1,3H2,(H2,13,15).